The van der Waals surface area contributed by atoms with Crippen LogP contribution in [0.15, 0.2) is 59.2 Å². The van der Waals surface area contributed by atoms with E-state index >= 15 is 0 Å². The van der Waals surface area contributed by atoms with Crippen molar-refractivity contribution in [3.63, 3.8) is 0 Å². The molecule has 0 atom stereocenters. The molecule has 1 aromatic carbocycles. The number of carbonyl (C=O) groups excluding carboxylic acids is 1. The Bertz CT molecular complexity index is 1060. The van der Waals surface area contributed by atoms with Crippen LogP contribution in [0, 0.1) is 0 Å². The molecule has 0 aliphatic heterocycles. The first-order valence-electron chi connectivity index (χ1n) is 7.98. The Balaban J connectivity index is 1.64. The number of aromatic nitrogens is 4. The molecule has 0 spiro atoms. The average Bonchev–Trinajstić information content (AvgIpc) is 3.31. The number of amides is 1. The Morgan fingerprint density at radius 1 is 1.19 bits per heavy atom. The van der Waals surface area contributed by atoms with Gasteiger partial charge >= 0.3 is 0 Å². The summed E-state index contributed by atoms with van der Waals surface area (Å²) in [5, 5.41) is 4.27. The highest BCUT2D eigenvalue weighted by atomic mass is 16.3. The number of nitrogen functional groups attached to an aromatic ring is 1. The van der Waals surface area contributed by atoms with Crippen LogP contribution >= 0.6 is 0 Å². The zero-order chi connectivity index (χ0) is 18.1. The summed E-state index contributed by atoms with van der Waals surface area (Å²) in [4.78, 5) is 22.8. The van der Waals surface area contributed by atoms with Crippen molar-refractivity contribution >= 4 is 17.5 Å². The number of furan rings is 1. The maximum atomic E-state index is 12.7. The zero-order valence-electron chi connectivity index (χ0n) is 14.0. The van der Waals surface area contributed by atoms with Gasteiger partial charge in [0, 0.05) is 19.7 Å². The predicted octanol–water partition coefficient (Wildman–Crippen LogP) is 2.24. The van der Waals surface area contributed by atoms with Gasteiger partial charge in [-0.15, -0.1) is 5.10 Å². The smallest absolute Gasteiger partial charge is 0.272 e. The molecule has 0 radical (unpaired) electrons. The number of fused-ring (bicyclic) bond motifs is 1. The van der Waals surface area contributed by atoms with Crippen molar-refractivity contribution in [3.8, 4) is 11.6 Å². The van der Waals surface area contributed by atoms with Gasteiger partial charge in [-0.1, -0.05) is 30.3 Å². The minimum atomic E-state index is -0.245. The summed E-state index contributed by atoms with van der Waals surface area (Å²) in [5.74, 6) is 0.739. The molecule has 3 heterocycles. The lowest BCUT2D eigenvalue weighted by atomic mass is 10.2. The Morgan fingerprint density at radius 2 is 2.00 bits per heavy atom. The van der Waals surface area contributed by atoms with Gasteiger partial charge in [-0.25, -0.2) is 9.97 Å². The third-order valence-corrected chi connectivity index (χ3v) is 3.92. The van der Waals surface area contributed by atoms with Crippen LogP contribution in [-0.2, 0) is 6.54 Å². The summed E-state index contributed by atoms with van der Waals surface area (Å²) in [6.45, 7) is 0.469. The highest BCUT2D eigenvalue weighted by Gasteiger charge is 2.18. The van der Waals surface area contributed by atoms with Gasteiger partial charge in [-0.3, -0.25) is 4.79 Å². The van der Waals surface area contributed by atoms with E-state index in [-0.39, 0.29) is 17.5 Å². The second kappa shape index (κ2) is 6.32. The molecule has 3 aromatic heterocycles. The quantitative estimate of drug-likeness (QED) is 0.607. The summed E-state index contributed by atoms with van der Waals surface area (Å²) in [5.41, 5.74) is 7.64. The number of hydrogen-bond acceptors (Lipinski definition) is 6. The van der Waals surface area contributed by atoms with E-state index in [0.29, 0.717) is 23.8 Å². The van der Waals surface area contributed by atoms with Crippen LogP contribution < -0.4 is 5.73 Å². The molecule has 26 heavy (non-hydrogen) atoms. The fourth-order valence-electron chi connectivity index (χ4n) is 2.66. The third-order valence-electron chi connectivity index (χ3n) is 3.92. The number of carbonyl (C=O) groups is 1. The summed E-state index contributed by atoms with van der Waals surface area (Å²) in [6, 6.07) is 14.8. The second-order valence-electron chi connectivity index (χ2n) is 5.83. The van der Waals surface area contributed by atoms with Gasteiger partial charge in [0.2, 0.25) is 11.8 Å². The molecule has 0 bridgehead atoms. The molecule has 8 heteroatoms. The van der Waals surface area contributed by atoms with Crippen molar-refractivity contribution in [3.05, 3.63) is 66.1 Å². The van der Waals surface area contributed by atoms with Crippen LogP contribution in [0.25, 0.3) is 17.2 Å². The van der Waals surface area contributed by atoms with Crippen molar-refractivity contribution in [2.75, 3.05) is 12.8 Å². The lowest BCUT2D eigenvalue weighted by Gasteiger charge is -2.17. The standard InChI is InChI=1S/C18H16N6O2/c1-23(11-12-6-3-2-4-7-12)17(25)13-10-15-21-16(14-8-5-9-26-14)22-24(15)18(19)20-13/h2-10H,11H2,1H3,(H2,19,20). The molecule has 4 rings (SSSR count). The highest BCUT2D eigenvalue weighted by Crippen LogP contribution is 2.18. The number of hydrogen-bond donors (Lipinski definition) is 1. The van der Waals surface area contributed by atoms with E-state index in [9.17, 15) is 4.79 Å². The minimum Gasteiger partial charge on any atom is -0.461 e. The van der Waals surface area contributed by atoms with Crippen molar-refractivity contribution < 1.29 is 9.21 Å². The average molecular weight is 348 g/mol. The van der Waals surface area contributed by atoms with Crippen LogP contribution in [0.2, 0.25) is 0 Å². The number of nitrogens with zero attached hydrogens (tertiary/aromatic N) is 5. The molecule has 0 saturated carbocycles. The van der Waals surface area contributed by atoms with E-state index in [2.05, 4.69) is 15.1 Å². The minimum absolute atomic E-state index is 0.0873. The molecule has 0 saturated heterocycles. The van der Waals surface area contributed by atoms with E-state index in [0.717, 1.165) is 5.56 Å². The number of nitrogens with two attached hydrogens (primary N) is 1. The summed E-state index contributed by atoms with van der Waals surface area (Å²) in [7, 11) is 1.72. The fraction of sp³-hybridized carbons (Fsp3) is 0.111. The number of benzene rings is 1. The summed E-state index contributed by atoms with van der Waals surface area (Å²) in [6.07, 6.45) is 1.54. The lowest BCUT2D eigenvalue weighted by molar-refractivity contribution is 0.0779. The first kappa shape index (κ1) is 15.8. The number of rotatable bonds is 4. The van der Waals surface area contributed by atoms with E-state index < -0.39 is 0 Å². The molecule has 0 aliphatic carbocycles. The first-order chi connectivity index (χ1) is 12.6. The largest absolute Gasteiger partial charge is 0.461 e. The maximum absolute atomic E-state index is 12.7. The molecule has 130 valence electrons. The summed E-state index contributed by atoms with van der Waals surface area (Å²) < 4.78 is 6.68. The van der Waals surface area contributed by atoms with Crippen molar-refractivity contribution in [1.82, 2.24) is 24.5 Å². The van der Waals surface area contributed by atoms with E-state index in [1.165, 1.54) is 10.8 Å². The third kappa shape index (κ3) is 2.88. The molecule has 1 amide bonds. The molecule has 8 nitrogen and oxygen atoms in total. The Labute approximate surface area is 148 Å². The Hall–Kier alpha value is -3.68. The van der Waals surface area contributed by atoms with Gasteiger partial charge in [-0.05, 0) is 17.7 Å². The number of anilines is 1. The van der Waals surface area contributed by atoms with Crippen LogP contribution in [0.1, 0.15) is 16.1 Å². The van der Waals surface area contributed by atoms with Gasteiger partial charge in [0.15, 0.2) is 11.4 Å². The first-order valence-corrected chi connectivity index (χ1v) is 7.98. The molecule has 0 fully saturated rings. The topological polar surface area (TPSA) is 103 Å². The van der Waals surface area contributed by atoms with E-state index in [1.54, 1.807) is 30.1 Å². The van der Waals surface area contributed by atoms with Crippen LogP contribution in [-0.4, -0.2) is 37.4 Å². The van der Waals surface area contributed by atoms with Gasteiger partial charge in [0.05, 0.1) is 6.26 Å². The lowest BCUT2D eigenvalue weighted by Crippen LogP contribution is -2.27. The van der Waals surface area contributed by atoms with Crippen LogP contribution in [0.3, 0.4) is 0 Å². The van der Waals surface area contributed by atoms with E-state index in [1.807, 2.05) is 30.3 Å². The molecule has 0 aliphatic rings. The van der Waals surface area contributed by atoms with Gasteiger partial charge in [0.25, 0.3) is 5.91 Å². The monoisotopic (exact) mass is 348 g/mol. The van der Waals surface area contributed by atoms with Gasteiger partial charge in [0.1, 0.15) is 5.69 Å². The SMILES string of the molecule is CN(Cc1ccccc1)C(=O)c1cc2nc(-c3ccco3)nn2c(N)n1. The van der Waals surface area contributed by atoms with Crippen LogP contribution in [0.5, 0.6) is 0 Å². The Kier molecular flexibility index (Phi) is 3.85. The summed E-state index contributed by atoms with van der Waals surface area (Å²) >= 11 is 0. The zero-order valence-corrected chi connectivity index (χ0v) is 14.0. The maximum Gasteiger partial charge on any atom is 0.272 e. The second-order valence-corrected chi connectivity index (χ2v) is 5.83. The molecular formula is C18H16N6O2. The van der Waals surface area contributed by atoms with E-state index in [4.69, 9.17) is 10.2 Å². The molecule has 2 N–H and O–H groups in total. The molecular weight excluding hydrogens is 332 g/mol. The Morgan fingerprint density at radius 3 is 2.73 bits per heavy atom. The predicted molar refractivity (Wildman–Crippen MR) is 95.1 cm³/mol. The van der Waals surface area contributed by atoms with Crippen LogP contribution in [0.4, 0.5) is 5.95 Å². The van der Waals surface area contributed by atoms with Crippen molar-refractivity contribution in [2.45, 2.75) is 6.54 Å². The van der Waals surface area contributed by atoms with Gasteiger partial charge in [-0.2, -0.15) is 4.52 Å². The van der Waals surface area contributed by atoms with Crippen molar-refractivity contribution in [2.24, 2.45) is 0 Å². The van der Waals surface area contributed by atoms with Gasteiger partial charge < -0.3 is 15.1 Å². The van der Waals surface area contributed by atoms with Crippen molar-refractivity contribution in [1.29, 1.82) is 0 Å². The highest BCUT2D eigenvalue weighted by molar-refractivity contribution is 5.93. The molecule has 0 unspecified atom stereocenters. The normalized spacial score (nSPS) is 11.0. The fourth-order valence-corrected chi connectivity index (χ4v) is 2.66. The molecule has 4 aromatic rings.